The first-order valence-corrected chi connectivity index (χ1v) is 7.68. The van der Waals surface area contributed by atoms with Crippen LogP contribution in [0.2, 0.25) is 0 Å². The first kappa shape index (κ1) is 16.0. The normalized spacial score (nSPS) is 22.6. The maximum atomic E-state index is 12.4. The number of aryl methyl sites for hydroxylation is 1. The van der Waals surface area contributed by atoms with Gasteiger partial charge in [-0.05, 0) is 19.8 Å². The van der Waals surface area contributed by atoms with Gasteiger partial charge in [0.25, 0.3) is 5.69 Å². The number of rotatable bonds is 4. The van der Waals surface area contributed by atoms with Crippen molar-refractivity contribution in [1.82, 2.24) is 4.90 Å². The highest BCUT2D eigenvalue weighted by molar-refractivity contribution is 6.10. The van der Waals surface area contributed by atoms with Gasteiger partial charge in [-0.3, -0.25) is 29.4 Å². The summed E-state index contributed by atoms with van der Waals surface area (Å²) < 4.78 is 0. The Morgan fingerprint density at radius 2 is 1.79 bits per heavy atom. The predicted octanol–water partition coefficient (Wildman–Crippen LogP) is 2.04. The lowest BCUT2D eigenvalue weighted by Crippen LogP contribution is -2.36. The lowest BCUT2D eigenvalue weighted by molar-refractivity contribution is -0.385. The number of fused-ring (bicyclic) bond motifs is 1. The maximum Gasteiger partial charge on any atom is 0.273 e. The molecule has 0 radical (unpaired) electrons. The molecule has 0 spiro atoms. The number of carbonyl (C=O) groups is 3. The van der Waals surface area contributed by atoms with Crippen molar-refractivity contribution in [1.29, 1.82) is 0 Å². The number of hydrogen-bond acceptors (Lipinski definition) is 5. The quantitative estimate of drug-likeness (QED) is 0.277. The lowest BCUT2D eigenvalue weighted by Gasteiger charge is -2.14. The van der Waals surface area contributed by atoms with Gasteiger partial charge in [-0.1, -0.05) is 24.3 Å². The minimum absolute atomic E-state index is 0.126. The van der Waals surface area contributed by atoms with E-state index in [4.69, 9.17) is 0 Å². The first-order valence-electron chi connectivity index (χ1n) is 7.68. The van der Waals surface area contributed by atoms with Crippen LogP contribution in [0.3, 0.4) is 0 Å². The Morgan fingerprint density at radius 3 is 2.33 bits per heavy atom. The summed E-state index contributed by atoms with van der Waals surface area (Å²) in [5.41, 5.74) is 0.417. The molecule has 2 atom stereocenters. The second kappa shape index (κ2) is 5.99. The van der Waals surface area contributed by atoms with Crippen LogP contribution in [0.15, 0.2) is 30.4 Å². The smallest absolute Gasteiger partial charge is 0.273 e. The van der Waals surface area contributed by atoms with Gasteiger partial charge >= 0.3 is 0 Å². The van der Waals surface area contributed by atoms with Crippen LogP contribution in [0.4, 0.5) is 5.69 Å². The molecule has 1 aliphatic carbocycles. The summed E-state index contributed by atoms with van der Waals surface area (Å²) in [4.78, 5) is 48.5. The Balaban J connectivity index is 1.80. The van der Waals surface area contributed by atoms with Crippen molar-refractivity contribution < 1.29 is 19.3 Å². The van der Waals surface area contributed by atoms with E-state index in [1.807, 2.05) is 12.2 Å². The number of benzene rings is 1. The third-order valence-corrected chi connectivity index (χ3v) is 4.63. The number of nitro groups is 1. The minimum Gasteiger partial charge on any atom is -0.292 e. The molecule has 1 aromatic carbocycles. The Labute approximate surface area is 138 Å². The molecule has 1 aliphatic heterocycles. The Bertz CT molecular complexity index is 757. The van der Waals surface area contributed by atoms with E-state index in [1.165, 1.54) is 18.2 Å². The van der Waals surface area contributed by atoms with Crippen LogP contribution >= 0.6 is 0 Å². The maximum absolute atomic E-state index is 12.4. The molecular formula is C17H16N2O5. The summed E-state index contributed by atoms with van der Waals surface area (Å²) in [7, 11) is 0. The van der Waals surface area contributed by atoms with Crippen LogP contribution in [0.5, 0.6) is 0 Å². The molecule has 124 valence electrons. The van der Waals surface area contributed by atoms with E-state index in [0.717, 1.165) is 4.90 Å². The number of imide groups is 1. The molecule has 24 heavy (non-hydrogen) atoms. The Kier molecular flexibility index (Phi) is 4.01. The molecule has 0 saturated carbocycles. The molecule has 1 fully saturated rings. The van der Waals surface area contributed by atoms with Crippen LogP contribution in [0.25, 0.3) is 0 Å². The van der Waals surface area contributed by atoms with E-state index in [0.29, 0.717) is 18.4 Å². The average molecular weight is 328 g/mol. The monoisotopic (exact) mass is 328 g/mol. The molecule has 3 rings (SSSR count). The number of nitrogens with zero attached hydrogens (tertiary/aromatic N) is 2. The number of amides is 2. The van der Waals surface area contributed by atoms with Gasteiger partial charge in [-0.2, -0.15) is 0 Å². The molecule has 7 nitrogen and oxygen atoms in total. The molecule has 0 aromatic heterocycles. The van der Waals surface area contributed by atoms with Gasteiger partial charge in [0.1, 0.15) is 0 Å². The fraction of sp³-hybridized carbons (Fsp3) is 0.353. The van der Waals surface area contributed by atoms with Crippen LogP contribution in [0.1, 0.15) is 28.8 Å². The average Bonchev–Trinajstić information content (AvgIpc) is 2.80. The van der Waals surface area contributed by atoms with Gasteiger partial charge in [0.2, 0.25) is 11.8 Å². The van der Waals surface area contributed by atoms with Crippen LogP contribution in [-0.2, 0) is 9.59 Å². The predicted molar refractivity (Wildman–Crippen MR) is 84.2 cm³/mol. The Morgan fingerprint density at radius 1 is 1.21 bits per heavy atom. The number of Topliss-reactive ketones (excluding diaryl/α,β-unsaturated/α-hetero) is 1. The van der Waals surface area contributed by atoms with Gasteiger partial charge in [-0.15, -0.1) is 0 Å². The van der Waals surface area contributed by atoms with Crippen LogP contribution in [-0.4, -0.2) is 34.0 Å². The van der Waals surface area contributed by atoms with Crippen molar-refractivity contribution in [3.05, 3.63) is 51.6 Å². The molecule has 0 unspecified atom stereocenters. The Hall–Kier alpha value is -2.83. The van der Waals surface area contributed by atoms with E-state index in [1.54, 1.807) is 6.92 Å². The fourth-order valence-corrected chi connectivity index (χ4v) is 3.24. The molecule has 2 amide bonds. The molecule has 7 heteroatoms. The van der Waals surface area contributed by atoms with Gasteiger partial charge in [0.15, 0.2) is 5.78 Å². The zero-order valence-electron chi connectivity index (χ0n) is 13.1. The lowest BCUT2D eigenvalue weighted by atomic mass is 9.85. The highest BCUT2D eigenvalue weighted by Crippen LogP contribution is 2.35. The van der Waals surface area contributed by atoms with Crippen molar-refractivity contribution in [2.24, 2.45) is 11.8 Å². The standard InChI is InChI=1S/C17H16N2O5/c1-10-6-7-11(8-14(10)19(23)24)15(20)9-18-16(21)12-4-2-3-5-13(12)17(18)22/h2-3,6-8,12-13H,4-5,9H2,1H3/t12-,13-/m1/s1. The van der Waals surface area contributed by atoms with E-state index in [2.05, 4.69) is 0 Å². The highest BCUT2D eigenvalue weighted by Gasteiger charge is 2.47. The number of allylic oxidation sites excluding steroid dienone is 2. The molecule has 1 saturated heterocycles. The molecular weight excluding hydrogens is 312 g/mol. The molecule has 1 heterocycles. The fourth-order valence-electron chi connectivity index (χ4n) is 3.24. The summed E-state index contributed by atoms with van der Waals surface area (Å²) in [6, 6.07) is 4.16. The minimum atomic E-state index is -0.557. The zero-order valence-corrected chi connectivity index (χ0v) is 13.1. The first-order chi connectivity index (χ1) is 11.4. The molecule has 0 N–H and O–H groups in total. The van der Waals surface area contributed by atoms with E-state index < -0.39 is 10.7 Å². The van der Waals surface area contributed by atoms with E-state index in [9.17, 15) is 24.5 Å². The summed E-state index contributed by atoms with van der Waals surface area (Å²) in [6.45, 7) is 1.21. The van der Waals surface area contributed by atoms with Gasteiger partial charge in [-0.25, -0.2) is 0 Å². The SMILES string of the molecule is Cc1ccc(C(=O)CN2C(=O)[C@@H]3CC=CC[C@H]3C2=O)cc1[N+](=O)[O-]. The van der Waals surface area contributed by atoms with E-state index in [-0.39, 0.29) is 41.4 Å². The van der Waals surface area contributed by atoms with Gasteiger partial charge in [0, 0.05) is 17.2 Å². The zero-order chi connectivity index (χ0) is 17.4. The second-order valence-corrected chi connectivity index (χ2v) is 6.10. The van der Waals surface area contributed by atoms with Crippen LogP contribution < -0.4 is 0 Å². The number of nitro benzene ring substituents is 1. The van der Waals surface area contributed by atoms with Gasteiger partial charge < -0.3 is 0 Å². The van der Waals surface area contributed by atoms with Crippen molar-refractivity contribution in [3.63, 3.8) is 0 Å². The third kappa shape index (κ3) is 2.62. The summed E-state index contributed by atoms with van der Waals surface area (Å²) in [5, 5.41) is 11.0. The van der Waals surface area contributed by atoms with Crippen molar-refractivity contribution >= 4 is 23.3 Å². The second-order valence-electron chi connectivity index (χ2n) is 6.10. The number of carbonyl (C=O) groups excluding carboxylic acids is 3. The molecule has 1 aromatic rings. The van der Waals surface area contributed by atoms with Crippen molar-refractivity contribution in [2.75, 3.05) is 6.54 Å². The molecule has 2 aliphatic rings. The highest BCUT2D eigenvalue weighted by atomic mass is 16.6. The van der Waals surface area contributed by atoms with Crippen molar-refractivity contribution in [3.8, 4) is 0 Å². The number of hydrogen-bond donors (Lipinski definition) is 0. The third-order valence-electron chi connectivity index (χ3n) is 4.63. The molecule has 0 bridgehead atoms. The van der Waals surface area contributed by atoms with Gasteiger partial charge in [0.05, 0.1) is 23.3 Å². The topological polar surface area (TPSA) is 97.6 Å². The summed E-state index contributed by atoms with van der Waals surface area (Å²) in [5.74, 6) is -1.91. The number of ketones is 1. The van der Waals surface area contributed by atoms with E-state index >= 15 is 0 Å². The van der Waals surface area contributed by atoms with Crippen LogP contribution in [0, 0.1) is 28.9 Å². The summed E-state index contributed by atoms with van der Waals surface area (Å²) in [6.07, 6.45) is 4.77. The number of likely N-dealkylation sites (tertiary alicyclic amines) is 1. The van der Waals surface area contributed by atoms with Crippen molar-refractivity contribution in [2.45, 2.75) is 19.8 Å². The largest absolute Gasteiger partial charge is 0.292 e. The summed E-state index contributed by atoms with van der Waals surface area (Å²) >= 11 is 0.